The maximum Gasteiger partial charge on any atom is 0.120 e. The Labute approximate surface area is 114 Å². The van der Waals surface area contributed by atoms with Crippen LogP contribution in [0.25, 0.3) is 0 Å². The summed E-state index contributed by atoms with van der Waals surface area (Å²) in [5.41, 5.74) is 2.18. The van der Waals surface area contributed by atoms with Crippen molar-refractivity contribution in [2.24, 2.45) is 0 Å². The van der Waals surface area contributed by atoms with Gasteiger partial charge in [-0.2, -0.15) is 0 Å². The molecule has 1 heteroatoms. The molecule has 19 heavy (non-hydrogen) atoms. The van der Waals surface area contributed by atoms with E-state index in [0.717, 1.165) is 16.9 Å². The summed E-state index contributed by atoms with van der Waals surface area (Å²) in [6, 6.07) is 18.0. The molecule has 1 unspecified atom stereocenters. The third kappa shape index (κ3) is 3.26. The summed E-state index contributed by atoms with van der Waals surface area (Å²) >= 11 is 0. The normalized spacial score (nSPS) is 11.3. The molecular formula is C18H16O. The quantitative estimate of drug-likeness (QED) is 0.573. The molecule has 0 amide bonds. The van der Waals surface area contributed by atoms with Crippen LogP contribution < -0.4 is 4.74 Å². The third-order valence-electron chi connectivity index (χ3n) is 2.86. The number of benzene rings is 2. The maximum absolute atomic E-state index is 5.68. The molecule has 0 heterocycles. The first kappa shape index (κ1) is 13.0. The van der Waals surface area contributed by atoms with E-state index in [4.69, 9.17) is 11.2 Å². The average molecular weight is 248 g/mol. The number of terminal acetylenes is 1. The van der Waals surface area contributed by atoms with Crippen LogP contribution in [0.3, 0.4) is 0 Å². The Morgan fingerprint density at radius 1 is 1.11 bits per heavy atom. The van der Waals surface area contributed by atoms with Crippen LogP contribution >= 0.6 is 0 Å². The fourth-order valence-electron chi connectivity index (χ4n) is 1.97. The Kier molecular flexibility index (Phi) is 4.42. The highest BCUT2D eigenvalue weighted by atomic mass is 16.5. The van der Waals surface area contributed by atoms with E-state index in [1.807, 2.05) is 54.6 Å². The SMILES string of the molecule is C#CC(c1ccccc1)c1cccc(OCC=C)c1. The fraction of sp³-hybridized carbons (Fsp3) is 0.111. The van der Waals surface area contributed by atoms with E-state index in [9.17, 15) is 0 Å². The number of ether oxygens (including phenoxy) is 1. The lowest BCUT2D eigenvalue weighted by atomic mass is 9.92. The van der Waals surface area contributed by atoms with Crippen molar-refractivity contribution in [2.75, 3.05) is 6.61 Å². The standard InChI is InChI=1S/C18H16O/c1-3-13-19-17-12-8-11-16(14-17)18(4-2)15-9-6-5-7-10-15/h2-3,5-12,14,18H,1,13H2. The zero-order valence-electron chi connectivity index (χ0n) is 10.8. The lowest BCUT2D eigenvalue weighted by Gasteiger charge is -2.13. The van der Waals surface area contributed by atoms with Gasteiger partial charge in [0.25, 0.3) is 0 Å². The summed E-state index contributed by atoms with van der Waals surface area (Å²) in [6.07, 6.45) is 7.40. The van der Waals surface area contributed by atoms with E-state index < -0.39 is 0 Å². The smallest absolute Gasteiger partial charge is 0.120 e. The molecule has 2 aromatic rings. The molecule has 0 spiro atoms. The lowest BCUT2D eigenvalue weighted by Crippen LogP contribution is -1.99. The molecule has 0 aliphatic heterocycles. The number of hydrogen-bond acceptors (Lipinski definition) is 1. The molecule has 94 valence electrons. The first-order chi connectivity index (χ1) is 9.35. The minimum Gasteiger partial charge on any atom is -0.490 e. The van der Waals surface area contributed by atoms with Gasteiger partial charge in [0, 0.05) is 0 Å². The highest BCUT2D eigenvalue weighted by molar-refractivity contribution is 5.42. The van der Waals surface area contributed by atoms with Gasteiger partial charge in [-0.05, 0) is 23.3 Å². The van der Waals surface area contributed by atoms with Crippen molar-refractivity contribution in [2.45, 2.75) is 5.92 Å². The number of hydrogen-bond donors (Lipinski definition) is 0. The summed E-state index contributed by atoms with van der Waals surface area (Å²) in [5.74, 6) is 3.61. The highest BCUT2D eigenvalue weighted by Gasteiger charge is 2.11. The molecule has 2 aromatic carbocycles. The van der Waals surface area contributed by atoms with Crippen molar-refractivity contribution in [1.29, 1.82) is 0 Å². The molecule has 0 saturated carbocycles. The number of rotatable bonds is 5. The van der Waals surface area contributed by atoms with E-state index in [1.165, 1.54) is 0 Å². The molecule has 0 aliphatic carbocycles. The van der Waals surface area contributed by atoms with Gasteiger partial charge in [-0.15, -0.1) is 6.42 Å². The molecule has 0 saturated heterocycles. The molecule has 0 aliphatic rings. The Balaban J connectivity index is 2.29. The predicted octanol–water partition coefficient (Wildman–Crippen LogP) is 4.02. The van der Waals surface area contributed by atoms with Crippen molar-refractivity contribution in [3.05, 3.63) is 78.4 Å². The van der Waals surface area contributed by atoms with Crippen LogP contribution in [-0.4, -0.2) is 6.61 Å². The predicted molar refractivity (Wildman–Crippen MR) is 79.3 cm³/mol. The zero-order chi connectivity index (χ0) is 13.5. The summed E-state index contributed by atoms with van der Waals surface area (Å²) < 4.78 is 5.54. The molecule has 0 N–H and O–H groups in total. The Bertz CT molecular complexity index is 578. The van der Waals surface area contributed by atoms with Gasteiger partial charge in [0.1, 0.15) is 12.4 Å². The first-order valence-corrected chi connectivity index (χ1v) is 6.20. The van der Waals surface area contributed by atoms with Gasteiger partial charge in [0.05, 0.1) is 5.92 Å². The van der Waals surface area contributed by atoms with Crippen molar-refractivity contribution in [3.63, 3.8) is 0 Å². The van der Waals surface area contributed by atoms with Crippen LogP contribution in [0, 0.1) is 12.3 Å². The fourth-order valence-corrected chi connectivity index (χ4v) is 1.97. The Morgan fingerprint density at radius 2 is 1.84 bits per heavy atom. The van der Waals surface area contributed by atoms with Crippen LogP contribution in [0.4, 0.5) is 0 Å². The minimum atomic E-state index is -0.0477. The van der Waals surface area contributed by atoms with Gasteiger partial charge in [-0.1, -0.05) is 61.0 Å². The summed E-state index contributed by atoms with van der Waals surface area (Å²) in [6.45, 7) is 4.14. The van der Waals surface area contributed by atoms with Crippen LogP contribution in [0.5, 0.6) is 5.75 Å². The molecular weight excluding hydrogens is 232 g/mol. The summed E-state index contributed by atoms with van der Waals surface area (Å²) in [5, 5.41) is 0. The van der Waals surface area contributed by atoms with Crippen molar-refractivity contribution < 1.29 is 4.74 Å². The topological polar surface area (TPSA) is 9.23 Å². The van der Waals surface area contributed by atoms with Gasteiger partial charge >= 0.3 is 0 Å². The second kappa shape index (κ2) is 6.47. The molecule has 0 bridgehead atoms. The largest absolute Gasteiger partial charge is 0.490 e. The first-order valence-electron chi connectivity index (χ1n) is 6.20. The highest BCUT2D eigenvalue weighted by Crippen LogP contribution is 2.26. The molecule has 0 aromatic heterocycles. The second-order valence-corrected chi connectivity index (χ2v) is 4.18. The van der Waals surface area contributed by atoms with Gasteiger partial charge < -0.3 is 4.74 Å². The van der Waals surface area contributed by atoms with Crippen molar-refractivity contribution in [3.8, 4) is 18.1 Å². The lowest BCUT2D eigenvalue weighted by molar-refractivity contribution is 0.363. The van der Waals surface area contributed by atoms with E-state index in [2.05, 4.69) is 12.5 Å². The van der Waals surface area contributed by atoms with Gasteiger partial charge in [-0.25, -0.2) is 0 Å². The summed E-state index contributed by atoms with van der Waals surface area (Å²) in [4.78, 5) is 0. The van der Waals surface area contributed by atoms with E-state index in [0.29, 0.717) is 6.61 Å². The molecule has 1 nitrogen and oxygen atoms in total. The second-order valence-electron chi connectivity index (χ2n) is 4.18. The van der Waals surface area contributed by atoms with Crippen LogP contribution in [-0.2, 0) is 0 Å². The van der Waals surface area contributed by atoms with Crippen molar-refractivity contribution >= 4 is 0 Å². The minimum absolute atomic E-state index is 0.0477. The average Bonchev–Trinajstić information content (AvgIpc) is 2.47. The van der Waals surface area contributed by atoms with Crippen molar-refractivity contribution in [1.82, 2.24) is 0 Å². The van der Waals surface area contributed by atoms with E-state index >= 15 is 0 Å². The molecule has 1 atom stereocenters. The van der Waals surface area contributed by atoms with E-state index in [1.54, 1.807) is 6.08 Å². The van der Waals surface area contributed by atoms with Crippen LogP contribution in [0.2, 0.25) is 0 Å². The summed E-state index contributed by atoms with van der Waals surface area (Å²) in [7, 11) is 0. The van der Waals surface area contributed by atoms with Crippen LogP contribution in [0.1, 0.15) is 17.0 Å². The van der Waals surface area contributed by atoms with Gasteiger partial charge in [-0.3, -0.25) is 0 Å². The molecule has 2 rings (SSSR count). The maximum atomic E-state index is 5.68. The van der Waals surface area contributed by atoms with Gasteiger partial charge in [0.15, 0.2) is 0 Å². The molecule has 0 radical (unpaired) electrons. The van der Waals surface area contributed by atoms with E-state index in [-0.39, 0.29) is 5.92 Å². The Morgan fingerprint density at radius 3 is 2.53 bits per heavy atom. The van der Waals surface area contributed by atoms with Crippen LogP contribution in [0.15, 0.2) is 67.3 Å². The zero-order valence-corrected chi connectivity index (χ0v) is 10.8. The van der Waals surface area contributed by atoms with Gasteiger partial charge in [0.2, 0.25) is 0 Å². The monoisotopic (exact) mass is 248 g/mol. The molecule has 0 fully saturated rings. The third-order valence-corrected chi connectivity index (χ3v) is 2.86. The Hall–Kier alpha value is -2.46.